The van der Waals surface area contributed by atoms with Crippen molar-refractivity contribution in [3.63, 3.8) is 0 Å². The zero-order chi connectivity index (χ0) is 24.6. The molecule has 0 radical (unpaired) electrons. The number of nitrogens with one attached hydrogen (secondary N) is 1. The van der Waals surface area contributed by atoms with E-state index >= 15 is 0 Å². The van der Waals surface area contributed by atoms with Crippen molar-refractivity contribution in [1.82, 2.24) is 10.2 Å². The summed E-state index contributed by atoms with van der Waals surface area (Å²) in [7, 11) is -3.75. The molecule has 1 N–H and O–H groups in total. The van der Waals surface area contributed by atoms with Crippen molar-refractivity contribution in [3.05, 3.63) is 64.1 Å². The molecule has 2 amide bonds. The molecule has 1 atom stereocenters. The van der Waals surface area contributed by atoms with Gasteiger partial charge in [0.25, 0.3) is 0 Å². The third-order valence-electron chi connectivity index (χ3n) is 5.00. The molecule has 0 heterocycles. The molecule has 0 unspecified atom stereocenters. The van der Waals surface area contributed by atoms with Gasteiger partial charge in [-0.05, 0) is 42.7 Å². The van der Waals surface area contributed by atoms with E-state index in [4.69, 9.17) is 23.2 Å². The summed E-state index contributed by atoms with van der Waals surface area (Å²) >= 11 is 12.2. The lowest BCUT2D eigenvalue weighted by Crippen LogP contribution is -2.52. The van der Waals surface area contributed by atoms with Crippen LogP contribution >= 0.6 is 23.2 Å². The summed E-state index contributed by atoms with van der Waals surface area (Å²) in [5.41, 5.74) is 1.04. The predicted octanol–water partition coefficient (Wildman–Crippen LogP) is 4.09. The first-order valence-corrected chi connectivity index (χ1v) is 13.2. The SMILES string of the molecule is CCCNC(=O)[C@H](CC)N(Cc1ccc(Cl)c(Cl)c1)C(=O)CN(c1ccccc1)S(C)(=O)=O. The minimum absolute atomic E-state index is 0.0696. The second-order valence-corrected chi connectivity index (χ2v) is 10.3. The van der Waals surface area contributed by atoms with Gasteiger partial charge in [0, 0.05) is 13.1 Å². The molecule has 10 heteroatoms. The number of hydrogen-bond donors (Lipinski definition) is 1. The number of anilines is 1. The van der Waals surface area contributed by atoms with Crippen molar-refractivity contribution in [2.24, 2.45) is 0 Å². The van der Waals surface area contributed by atoms with E-state index in [2.05, 4.69) is 5.32 Å². The van der Waals surface area contributed by atoms with Crippen molar-refractivity contribution in [3.8, 4) is 0 Å². The van der Waals surface area contributed by atoms with Crippen LogP contribution in [0.15, 0.2) is 48.5 Å². The Labute approximate surface area is 205 Å². The highest BCUT2D eigenvalue weighted by molar-refractivity contribution is 7.92. The lowest BCUT2D eigenvalue weighted by molar-refractivity contribution is -0.140. The van der Waals surface area contributed by atoms with Gasteiger partial charge in [0.1, 0.15) is 12.6 Å². The molecule has 0 saturated heterocycles. The molecule has 0 fully saturated rings. The first-order chi connectivity index (χ1) is 15.6. The Morgan fingerprint density at radius 3 is 2.24 bits per heavy atom. The van der Waals surface area contributed by atoms with Crippen molar-refractivity contribution in [2.75, 3.05) is 23.7 Å². The topological polar surface area (TPSA) is 86.8 Å². The molecule has 0 bridgehead atoms. The Morgan fingerprint density at radius 1 is 1.03 bits per heavy atom. The zero-order valence-electron chi connectivity index (χ0n) is 18.9. The van der Waals surface area contributed by atoms with Gasteiger partial charge in [-0.2, -0.15) is 0 Å². The Bertz CT molecular complexity index is 1060. The lowest BCUT2D eigenvalue weighted by Gasteiger charge is -2.33. The summed E-state index contributed by atoms with van der Waals surface area (Å²) in [4.78, 5) is 27.7. The van der Waals surface area contributed by atoms with Gasteiger partial charge in [-0.3, -0.25) is 13.9 Å². The number of sulfonamides is 1. The normalized spacial score (nSPS) is 12.2. The van der Waals surface area contributed by atoms with Gasteiger partial charge in [0.2, 0.25) is 21.8 Å². The number of carbonyl (C=O) groups is 2. The monoisotopic (exact) mass is 513 g/mol. The lowest BCUT2D eigenvalue weighted by atomic mass is 10.1. The first-order valence-electron chi connectivity index (χ1n) is 10.6. The molecule has 0 spiro atoms. The summed E-state index contributed by atoms with van der Waals surface area (Å²) in [5, 5.41) is 3.53. The summed E-state index contributed by atoms with van der Waals surface area (Å²) in [6, 6.07) is 12.6. The summed E-state index contributed by atoms with van der Waals surface area (Å²) in [5.74, 6) is -0.799. The Kier molecular flexibility index (Phi) is 10.0. The second kappa shape index (κ2) is 12.3. The number of nitrogens with zero attached hydrogens (tertiary/aromatic N) is 2. The molecule has 2 rings (SSSR count). The molecule has 0 aliphatic carbocycles. The Balaban J connectivity index is 2.42. The van der Waals surface area contributed by atoms with Gasteiger partial charge >= 0.3 is 0 Å². The standard InChI is InChI=1S/C23H29Cl2N3O4S/c1-4-13-26-23(30)21(5-2)27(15-17-11-12-19(24)20(25)14-17)22(29)16-28(33(3,31)32)18-9-7-6-8-10-18/h6-12,14,21H,4-5,13,15-16H2,1-3H3,(H,26,30)/t21-/m0/s1. The van der Waals surface area contributed by atoms with Crippen LogP contribution in [0, 0.1) is 0 Å². The summed E-state index contributed by atoms with van der Waals surface area (Å²) in [6.07, 6.45) is 2.15. The van der Waals surface area contributed by atoms with Crippen LogP contribution in [0.1, 0.15) is 32.3 Å². The van der Waals surface area contributed by atoms with E-state index < -0.39 is 28.5 Å². The number of benzene rings is 2. The van der Waals surface area contributed by atoms with E-state index in [9.17, 15) is 18.0 Å². The summed E-state index contributed by atoms with van der Waals surface area (Å²) in [6.45, 7) is 3.84. The first kappa shape index (κ1) is 27.0. The van der Waals surface area contributed by atoms with Crippen LogP contribution in [-0.4, -0.2) is 50.5 Å². The van der Waals surface area contributed by atoms with Crippen molar-refractivity contribution < 1.29 is 18.0 Å². The van der Waals surface area contributed by atoms with Gasteiger partial charge in [-0.1, -0.05) is 61.3 Å². The molecular formula is C23H29Cl2N3O4S. The van der Waals surface area contributed by atoms with Crippen LogP contribution in [0.2, 0.25) is 10.0 Å². The van der Waals surface area contributed by atoms with E-state index in [1.807, 2.05) is 6.92 Å². The van der Waals surface area contributed by atoms with Crippen molar-refractivity contribution in [2.45, 2.75) is 39.3 Å². The fraction of sp³-hybridized carbons (Fsp3) is 0.391. The third-order valence-corrected chi connectivity index (χ3v) is 6.88. The van der Waals surface area contributed by atoms with E-state index in [-0.39, 0.29) is 12.5 Å². The van der Waals surface area contributed by atoms with E-state index in [0.29, 0.717) is 34.3 Å². The maximum atomic E-state index is 13.5. The van der Waals surface area contributed by atoms with Crippen LogP contribution in [0.3, 0.4) is 0 Å². The van der Waals surface area contributed by atoms with Crippen LogP contribution in [0.5, 0.6) is 0 Å². The van der Waals surface area contributed by atoms with E-state index in [1.165, 1.54) is 4.90 Å². The predicted molar refractivity (Wildman–Crippen MR) is 133 cm³/mol. The van der Waals surface area contributed by atoms with Gasteiger partial charge in [0.15, 0.2) is 0 Å². The molecule has 2 aromatic carbocycles. The van der Waals surface area contributed by atoms with Crippen molar-refractivity contribution in [1.29, 1.82) is 0 Å². The highest BCUT2D eigenvalue weighted by Gasteiger charge is 2.31. The zero-order valence-corrected chi connectivity index (χ0v) is 21.3. The Hall–Kier alpha value is -2.29. The summed E-state index contributed by atoms with van der Waals surface area (Å²) < 4.78 is 26.0. The largest absolute Gasteiger partial charge is 0.354 e. The highest BCUT2D eigenvalue weighted by Crippen LogP contribution is 2.25. The molecular weight excluding hydrogens is 485 g/mol. The second-order valence-electron chi connectivity index (χ2n) is 7.59. The molecule has 7 nitrogen and oxygen atoms in total. The van der Waals surface area contributed by atoms with E-state index in [1.54, 1.807) is 55.5 Å². The minimum atomic E-state index is -3.75. The number of amides is 2. The van der Waals surface area contributed by atoms with Crippen LogP contribution < -0.4 is 9.62 Å². The average Bonchev–Trinajstić information content (AvgIpc) is 2.77. The van der Waals surface area contributed by atoms with Gasteiger partial charge < -0.3 is 10.2 Å². The van der Waals surface area contributed by atoms with E-state index in [0.717, 1.165) is 17.0 Å². The fourth-order valence-corrected chi connectivity index (χ4v) is 4.50. The van der Waals surface area contributed by atoms with Crippen LogP contribution in [0.25, 0.3) is 0 Å². The molecule has 180 valence electrons. The average molecular weight is 514 g/mol. The number of carbonyl (C=O) groups excluding carboxylic acids is 2. The maximum absolute atomic E-state index is 13.5. The number of para-hydroxylation sites is 1. The highest BCUT2D eigenvalue weighted by atomic mass is 35.5. The van der Waals surface area contributed by atoms with Gasteiger partial charge in [-0.25, -0.2) is 8.42 Å². The maximum Gasteiger partial charge on any atom is 0.244 e. The van der Waals surface area contributed by atoms with Gasteiger partial charge in [-0.15, -0.1) is 0 Å². The minimum Gasteiger partial charge on any atom is -0.354 e. The van der Waals surface area contributed by atoms with Gasteiger partial charge in [0.05, 0.1) is 22.0 Å². The Morgan fingerprint density at radius 2 is 1.70 bits per heavy atom. The number of halogens is 2. The number of rotatable bonds is 11. The quantitative estimate of drug-likeness (QED) is 0.490. The molecule has 2 aromatic rings. The van der Waals surface area contributed by atoms with Crippen LogP contribution in [-0.2, 0) is 26.2 Å². The van der Waals surface area contributed by atoms with Crippen molar-refractivity contribution >= 4 is 50.7 Å². The molecule has 33 heavy (non-hydrogen) atoms. The molecule has 0 aliphatic rings. The third kappa shape index (κ3) is 7.62. The smallest absolute Gasteiger partial charge is 0.244 e. The fourth-order valence-electron chi connectivity index (χ4n) is 3.33. The molecule has 0 aliphatic heterocycles. The molecule has 0 aromatic heterocycles. The number of hydrogen-bond acceptors (Lipinski definition) is 4. The van der Waals surface area contributed by atoms with Crippen LogP contribution in [0.4, 0.5) is 5.69 Å². The molecule has 0 saturated carbocycles.